The molecule has 0 bridgehead atoms. The number of phenolic OH excluding ortho intramolecular Hbond substituents is 1. The molecule has 1 atom stereocenters. The van der Waals surface area contributed by atoms with E-state index >= 15 is 0 Å². The number of aliphatic carboxylic acids is 1. The number of aromatic hydroxyl groups is 1. The molecule has 0 heterocycles. The molecule has 0 saturated heterocycles. The van der Waals surface area contributed by atoms with Crippen molar-refractivity contribution in [1.82, 2.24) is 0 Å². The summed E-state index contributed by atoms with van der Waals surface area (Å²) in [7, 11) is 0. The zero-order chi connectivity index (χ0) is 24.8. The van der Waals surface area contributed by atoms with Crippen LogP contribution in [0.5, 0.6) is 5.75 Å². The summed E-state index contributed by atoms with van der Waals surface area (Å²) < 4.78 is 0. The summed E-state index contributed by atoms with van der Waals surface area (Å²) in [6.45, 7) is 13.2. The standard InChI is InChI=1S/C30H52O3/c1-22(2)15-13-11-9-7-8-10-12-14-16-26(30(32)33)19-25-20-27(17-23(3)4)29(31)28(21-25)18-24(5)6/h20-24,26,31H,7-19H2,1-6H3,(H,32,33). The highest BCUT2D eigenvalue weighted by atomic mass is 16.4. The largest absolute Gasteiger partial charge is 0.507 e. The second-order valence-electron chi connectivity index (χ2n) is 11.5. The molecule has 0 saturated carbocycles. The minimum absolute atomic E-state index is 0.343. The topological polar surface area (TPSA) is 57.5 Å². The van der Waals surface area contributed by atoms with Crippen LogP contribution in [0, 0.1) is 23.7 Å². The monoisotopic (exact) mass is 460 g/mol. The first-order valence-corrected chi connectivity index (χ1v) is 13.7. The molecule has 33 heavy (non-hydrogen) atoms. The van der Waals surface area contributed by atoms with Crippen molar-refractivity contribution in [3.05, 3.63) is 28.8 Å². The highest BCUT2D eigenvalue weighted by Crippen LogP contribution is 2.30. The van der Waals surface area contributed by atoms with Gasteiger partial charge < -0.3 is 10.2 Å². The zero-order valence-electron chi connectivity index (χ0n) is 22.5. The average Bonchev–Trinajstić information content (AvgIpc) is 2.70. The molecule has 1 unspecified atom stereocenters. The molecule has 2 N–H and O–H groups in total. The number of rotatable bonds is 18. The van der Waals surface area contributed by atoms with Crippen LogP contribution in [-0.2, 0) is 24.1 Å². The minimum atomic E-state index is -0.691. The van der Waals surface area contributed by atoms with E-state index in [1.807, 2.05) is 12.1 Å². The van der Waals surface area contributed by atoms with Gasteiger partial charge in [-0.25, -0.2) is 0 Å². The van der Waals surface area contributed by atoms with E-state index in [-0.39, 0.29) is 5.92 Å². The summed E-state index contributed by atoms with van der Waals surface area (Å²) in [5, 5.41) is 20.6. The molecular weight excluding hydrogens is 408 g/mol. The number of carboxylic acid groups (broad SMARTS) is 1. The van der Waals surface area contributed by atoms with Crippen molar-refractivity contribution in [2.75, 3.05) is 0 Å². The molecule has 0 aliphatic carbocycles. The van der Waals surface area contributed by atoms with Gasteiger partial charge in [-0.05, 0) is 60.1 Å². The first-order valence-electron chi connectivity index (χ1n) is 13.7. The van der Waals surface area contributed by atoms with Crippen molar-refractivity contribution in [3.63, 3.8) is 0 Å². The smallest absolute Gasteiger partial charge is 0.306 e. The van der Waals surface area contributed by atoms with E-state index in [0.29, 0.717) is 24.0 Å². The van der Waals surface area contributed by atoms with Gasteiger partial charge in [-0.1, -0.05) is 111 Å². The molecule has 1 aromatic carbocycles. The van der Waals surface area contributed by atoms with E-state index in [4.69, 9.17) is 0 Å². The van der Waals surface area contributed by atoms with Crippen LogP contribution >= 0.6 is 0 Å². The average molecular weight is 461 g/mol. The normalized spacial score (nSPS) is 12.8. The van der Waals surface area contributed by atoms with Crippen molar-refractivity contribution in [1.29, 1.82) is 0 Å². The maximum atomic E-state index is 12.0. The second-order valence-corrected chi connectivity index (χ2v) is 11.5. The lowest BCUT2D eigenvalue weighted by Crippen LogP contribution is -2.17. The summed E-state index contributed by atoms with van der Waals surface area (Å²) in [5.41, 5.74) is 3.00. The molecule has 0 aliphatic heterocycles. The molecular formula is C30H52O3. The third-order valence-corrected chi connectivity index (χ3v) is 6.50. The molecule has 3 nitrogen and oxygen atoms in total. The molecule has 3 heteroatoms. The fourth-order valence-corrected chi connectivity index (χ4v) is 4.74. The fourth-order valence-electron chi connectivity index (χ4n) is 4.74. The van der Waals surface area contributed by atoms with E-state index in [9.17, 15) is 15.0 Å². The van der Waals surface area contributed by atoms with Gasteiger partial charge in [0.25, 0.3) is 0 Å². The van der Waals surface area contributed by atoms with Gasteiger partial charge in [0.05, 0.1) is 5.92 Å². The van der Waals surface area contributed by atoms with Gasteiger partial charge >= 0.3 is 5.97 Å². The Labute approximate surface area is 204 Å². The first kappa shape index (κ1) is 29.5. The number of carboxylic acids is 1. The molecule has 0 amide bonds. The van der Waals surface area contributed by atoms with Crippen molar-refractivity contribution in [3.8, 4) is 5.75 Å². The first-order chi connectivity index (χ1) is 15.6. The van der Waals surface area contributed by atoms with Gasteiger partial charge in [0.1, 0.15) is 5.75 Å². The fraction of sp³-hybridized carbons (Fsp3) is 0.767. The quantitative estimate of drug-likeness (QED) is 0.216. The second kappa shape index (κ2) is 16.2. The summed E-state index contributed by atoms with van der Waals surface area (Å²) in [5.74, 6) is 1.09. The Morgan fingerprint density at radius 1 is 0.667 bits per heavy atom. The van der Waals surface area contributed by atoms with Crippen LogP contribution in [0.2, 0.25) is 0 Å². The SMILES string of the molecule is CC(C)CCCCCCCCCCC(Cc1cc(CC(C)C)c(O)c(CC(C)C)c1)C(=O)O. The zero-order valence-corrected chi connectivity index (χ0v) is 22.5. The number of hydrogen-bond acceptors (Lipinski definition) is 2. The molecule has 0 aromatic heterocycles. The highest BCUT2D eigenvalue weighted by Gasteiger charge is 2.20. The van der Waals surface area contributed by atoms with Crippen molar-refractivity contribution < 1.29 is 15.0 Å². The van der Waals surface area contributed by atoms with E-state index in [0.717, 1.165) is 54.7 Å². The van der Waals surface area contributed by atoms with E-state index in [2.05, 4.69) is 41.5 Å². The maximum absolute atomic E-state index is 12.0. The Morgan fingerprint density at radius 3 is 1.48 bits per heavy atom. The Balaban J connectivity index is 2.56. The number of benzene rings is 1. The Hall–Kier alpha value is -1.51. The molecule has 190 valence electrons. The summed E-state index contributed by atoms with van der Waals surface area (Å²) in [6, 6.07) is 4.10. The van der Waals surface area contributed by atoms with E-state index in [1.165, 1.54) is 44.9 Å². The number of carbonyl (C=O) groups is 1. The molecule has 1 rings (SSSR count). The highest BCUT2D eigenvalue weighted by molar-refractivity contribution is 5.70. The Morgan fingerprint density at radius 2 is 1.09 bits per heavy atom. The maximum Gasteiger partial charge on any atom is 0.306 e. The van der Waals surface area contributed by atoms with Crippen LogP contribution in [0.3, 0.4) is 0 Å². The predicted molar refractivity (Wildman–Crippen MR) is 141 cm³/mol. The number of phenols is 1. The summed E-state index contributed by atoms with van der Waals surface area (Å²) in [4.78, 5) is 12.0. The number of hydrogen-bond donors (Lipinski definition) is 2. The van der Waals surface area contributed by atoms with Gasteiger partial charge in [0, 0.05) is 0 Å². The lowest BCUT2D eigenvalue weighted by atomic mass is 9.88. The predicted octanol–water partition coefficient (Wildman–Crippen LogP) is 8.59. The van der Waals surface area contributed by atoms with Crippen molar-refractivity contribution in [2.24, 2.45) is 23.7 Å². The van der Waals surface area contributed by atoms with Crippen LogP contribution < -0.4 is 0 Å². The summed E-state index contributed by atoms with van der Waals surface area (Å²) >= 11 is 0. The Kier molecular flexibility index (Phi) is 14.5. The third-order valence-electron chi connectivity index (χ3n) is 6.50. The lowest BCUT2D eigenvalue weighted by Gasteiger charge is -2.18. The molecule has 0 fully saturated rings. The molecule has 1 aromatic rings. The van der Waals surface area contributed by atoms with Gasteiger partial charge in [-0.15, -0.1) is 0 Å². The van der Waals surface area contributed by atoms with E-state index < -0.39 is 5.97 Å². The van der Waals surface area contributed by atoms with Gasteiger partial charge in [0.15, 0.2) is 0 Å². The van der Waals surface area contributed by atoms with Crippen LogP contribution in [-0.4, -0.2) is 16.2 Å². The van der Waals surface area contributed by atoms with Crippen molar-refractivity contribution >= 4 is 5.97 Å². The molecule has 0 spiro atoms. The van der Waals surface area contributed by atoms with Gasteiger partial charge in [0.2, 0.25) is 0 Å². The number of unbranched alkanes of at least 4 members (excludes halogenated alkanes) is 7. The summed E-state index contributed by atoms with van der Waals surface area (Å²) in [6.07, 6.45) is 14.2. The van der Waals surface area contributed by atoms with Crippen LogP contribution in [0.1, 0.15) is 122 Å². The minimum Gasteiger partial charge on any atom is -0.507 e. The van der Waals surface area contributed by atoms with Gasteiger partial charge in [-0.3, -0.25) is 4.79 Å². The van der Waals surface area contributed by atoms with Crippen LogP contribution in [0.15, 0.2) is 12.1 Å². The molecule has 0 aliphatic rings. The molecule has 0 radical (unpaired) electrons. The van der Waals surface area contributed by atoms with Crippen LogP contribution in [0.4, 0.5) is 0 Å². The lowest BCUT2D eigenvalue weighted by molar-refractivity contribution is -0.142. The van der Waals surface area contributed by atoms with Gasteiger partial charge in [-0.2, -0.15) is 0 Å². The van der Waals surface area contributed by atoms with Crippen molar-refractivity contribution in [2.45, 2.75) is 125 Å². The van der Waals surface area contributed by atoms with E-state index in [1.54, 1.807) is 0 Å². The third kappa shape index (κ3) is 13.1. The Bertz CT molecular complexity index is 644. The van der Waals surface area contributed by atoms with Crippen LogP contribution in [0.25, 0.3) is 0 Å².